The molecule has 1 heteroatoms. The summed E-state index contributed by atoms with van der Waals surface area (Å²) in [6.45, 7) is 4.57. The van der Waals surface area contributed by atoms with Crippen LogP contribution in [-0.4, -0.2) is 4.98 Å². The van der Waals surface area contributed by atoms with Gasteiger partial charge in [-0.15, -0.1) is 0 Å². The van der Waals surface area contributed by atoms with Crippen LogP contribution >= 0.6 is 0 Å². The maximum absolute atomic E-state index is 3.62. The topological polar surface area (TPSA) is 15.8 Å². The summed E-state index contributed by atoms with van der Waals surface area (Å²) in [6, 6.07) is 44.6. The van der Waals surface area contributed by atoms with Crippen molar-refractivity contribution in [1.82, 2.24) is 4.98 Å². The molecule has 0 bridgehead atoms. The van der Waals surface area contributed by atoms with E-state index in [1.165, 1.54) is 65.6 Å². The van der Waals surface area contributed by atoms with Gasteiger partial charge in [0.15, 0.2) is 0 Å². The van der Waals surface area contributed by atoms with E-state index in [-0.39, 0.29) is 5.41 Å². The van der Waals surface area contributed by atoms with Gasteiger partial charge in [0, 0.05) is 27.2 Å². The summed E-state index contributed by atoms with van der Waals surface area (Å²) in [5.74, 6) is 0. The molecule has 0 atom stereocenters. The molecule has 0 spiro atoms. The predicted molar refractivity (Wildman–Crippen MR) is 154 cm³/mol. The zero-order valence-corrected chi connectivity index (χ0v) is 20.5. The van der Waals surface area contributed by atoms with Gasteiger partial charge in [-0.25, -0.2) is 0 Å². The van der Waals surface area contributed by atoms with Crippen molar-refractivity contribution in [1.29, 1.82) is 0 Å². The van der Waals surface area contributed by atoms with Gasteiger partial charge in [0.05, 0.1) is 0 Å². The van der Waals surface area contributed by atoms with E-state index < -0.39 is 0 Å². The third-order valence-corrected chi connectivity index (χ3v) is 7.99. The Hall–Kier alpha value is -4.36. The van der Waals surface area contributed by atoms with Crippen LogP contribution in [0.2, 0.25) is 0 Å². The highest BCUT2D eigenvalue weighted by molar-refractivity contribution is 6.08. The van der Waals surface area contributed by atoms with Crippen molar-refractivity contribution in [3.05, 3.63) is 144 Å². The maximum Gasteiger partial charge on any atom is 0.0465 e. The molecule has 1 N–H and O–H groups in total. The number of aromatic nitrogens is 1. The molecule has 1 aromatic heterocycles. The van der Waals surface area contributed by atoms with Gasteiger partial charge in [0.2, 0.25) is 0 Å². The first-order valence-corrected chi connectivity index (χ1v) is 12.6. The van der Waals surface area contributed by atoms with Gasteiger partial charge in [-0.05, 0) is 76.3 Å². The summed E-state index contributed by atoms with van der Waals surface area (Å²) in [6.07, 6.45) is 0. The van der Waals surface area contributed by atoms with Crippen LogP contribution in [0, 0.1) is 6.92 Å². The Morgan fingerprint density at radius 3 is 1.67 bits per heavy atom. The molecule has 1 heterocycles. The minimum Gasteiger partial charge on any atom is -0.355 e. The number of aromatic amines is 1. The van der Waals surface area contributed by atoms with Gasteiger partial charge >= 0.3 is 0 Å². The summed E-state index contributed by atoms with van der Waals surface area (Å²) in [7, 11) is 0. The number of fused-ring (bicyclic) bond motifs is 5. The Balaban J connectivity index is 1.61. The van der Waals surface area contributed by atoms with Crippen LogP contribution in [0.3, 0.4) is 0 Å². The quantitative estimate of drug-likeness (QED) is 0.252. The summed E-state index contributed by atoms with van der Waals surface area (Å²) < 4.78 is 0. The fourth-order valence-electron chi connectivity index (χ4n) is 6.10. The van der Waals surface area contributed by atoms with E-state index in [4.69, 9.17) is 0 Å². The molecule has 1 nitrogen and oxygen atoms in total. The maximum atomic E-state index is 3.62. The Labute approximate surface area is 211 Å². The fraction of sp³-hybridized carbons (Fsp3) is 0.0857. The van der Waals surface area contributed by atoms with Crippen molar-refractivity contribution in [3.8, 4) is 0 Å². The Morgan fingerprint density at radius 1 is 0.500 bits per heavy atom. The number of benzene rings is 6. The van der Waals surface area contributed by atoms with Gasteiger partial charge in [-0.1, -0.05) is 103 Å². The zero-order valence-electron chi connectivity index (χ0n) is 20.5. The van der Waals surface area contributed by atoms with Crippen LogP contribution in [0.4, 0.5) is 0 Å². The van der Waals surface area contributed by atoms with E-state index in [1.807, 2.05) is 0 Å². The zero-order chi connectivity index (χ0) is 24.3. The second kappa shape index (κ2) is 7.83. The van der Waals surface area contributed by atoms with Crippen molar-refractivity contribution in [2.75, 3.05) is 0 Å². The number of H-pyrrole nitrogens is 1. The molecule has 172 valence electrons. The first-order valence-electron chi connectivity index (χ1n) is 12.6. The van der Waals surface area contributed by atoms with Crippen LogP contribution < -0.4 is 0 Å². The summed E-state index contributed by atoms with van der Waals surface area (Å²) in [5, 5.41) is 7.69. The number of rotatable bonds is 3. The highest BCUT2D eigenvalue weighted by Crippen LogP contribution is 2.45. The van der Waals surface area contributed by atoms with Crippen LogP contribution in [0.15, 0.2) is 121 Å². The number of hydrogen-bond donors (Lipinski definition) is 1. The third kappa shape index (κ3) is 3.03. The first kappa shape index (κ1) is 21.0. The van der Waals surface area contributed by atoms with Gasteiger partial charge in [-0.3, -0.25) is 0 Å². The minimum atomic E-state index is -0.358. The lowest BCUT2D eigenvalue weighted by molar-refractivity contribution is 0.707. The molecule has 0 saturated carbocycles. The van der Waals surface area contributed by atoms with Crippen LogP contribution in [0.25, 0.3) is 43.4 Å². The van der Waals surface area contributed by atoms with Crippen LogP contribution in [0.5, 0.6) is 0 Å². The summed E-state index contributed by atoms with van der Waals surface area (Å²) in [5.41, 5.74) is 7.23. The van der Waals surface area contributed by atoms with Crippen molar-refractivity contribution in [3.63, 3.8) is 0 Å². The molecule has 0 fully saturated rings. The van der Waals surface area contributed by atoms with Crippen molar-refractivity contribution < 1.29 is 0 Å². The molecule has 0 saturated heterocycles. The van der Waals surface area contributed by atoms with E-state index in [0.29, 0.717) is 0 Å². The first-order chi connectivity index (χ1) is 17.6. The highest BCUT2D eigenvalue weighted by Gasteiger charge is 2.34. The van der Waals surface area contributed by atoms with Gasteiger partial charge < -0.3 is 4.98 Å². The second-order valence-electron chi connectivity index (χ2n) is 10.1. The third-order valence-electron chi connectivity index (χ3n) is 7.99. The average molecular weight is 462 g/mol. The van der Waals surface area contributed by atoms with Crippen molar-refractivity contribution in [2.45, 2.75) is 19.3 Å². The molecule has 0 amide bonds. The molecule has 6 aromatic carbocycles. The van der Waals surface area contributed by atoms with Gasteiger partial charge in [0.25, 0.3) is 0 Å². The standard InChI is InChI=1S/C35H27N/c1-23-17-19-33-29(21-23)30-22-26(18-20-34(30)36-33)35(2,31-15-7-11-24-9-3-5-13-27(24)31)32-16-8-12-25-10-4-6-14-28(25)32/h3-22,36H,1-2H3. The SMILES string of the molecule is Cc1ccc2[nH]c3ccc(C(C)(c4cccc5ccccc45)c4cccc5ccccc45)cc3c2c1. The fourth-order valence-corrected chi connectivity index (χ4v) is 6.10. The Morgan fingerprint density at radius 2 is 1.03 bits per heavy atom. The minimum absolute atomic E-state index is 0.358. The van der Waals surface area contributed by atoms with Crippen LogP contribution in [0.1, 0.15) is 29.2 Å². The second-order valence-corrected chi connectivity index (χ2v) is 10.1. The van der Waals surface area contributed by atoms with E-state index in [0.717, 1.165) is 0 Å². The molecule has 7 aromatic rings. The molecule has 0 unspecified atom stereocenters. The number of hydrogen-bond acceptors (Lipinski definition) is 0. The molecule has 7 rings (SSSR count). The van der Waals surface area contributed by atoms with Crippen molar-refractivity contribution in [2.24, 2.45) is 0 Å². The molecule has 36 heavy (non-hydrogen) atoms. The lowest BCUT2D eigenvalue weighted by Crippen LogP contribution is -2.26. The molecular formula is C35H27N. The summed E-state index contributed by atoms with van der Waals surface area (Å²) in [4.78, 5) is 3.62. The van der Waals surface area contributed by atoms with Crippen LogP contribution in [-0.2, 0) is 5.41 Å². The average Bonchev–Trinajstić information content (AvgIpc) is 3.29. The van der Waals surface area contributed by atoms with E-state index in [9.17, 15) is 0 Å². The summed E-state index contributed by atoms with van der Waals surface area (Å²) >= 11 is 0. The number of aryl methyl sites for hydroxylation is 1. The Bertz CT molecular complexity index is 1830. The molecular weight excluding hydrogens is 434 g/mol. The Kier molecular flexibility index (Phi) is 4.56. The van der Waals surface area contributed by atoms with Gasteiger partial charge in [0.1, 0.15) is 0 Å². The molecule has 0 radical (unpaired) electrons. The normalized spacial score (nSPS) is 12.2. The van der Waals surface area contributed by atoms with Gasteiger partial charge in [-0.2, -0.15) is 0 Å². The largest absolute Gasteiger partial charge is 0.355 e. The smallest absolute Gasteiger partial charge is 0.0465 e. The molecule has 0 aliphatic heterocycles. The monoisotopic (exact) mass is 461 g/mol. The van der Waals surface area contributed by atoms with E-state index in [1.54, 1.807) is 0 Å². The van der Waals surface area contributed by atoms with Crippen molar-refractivity contribution >= 4 is 43.4 Å². The predicted octanol–water partition coefficient (Wildman–Crippen LogP) is 9.29. The number of nitrogens with one attached hydrogen (secondary N) is 1. The lowest BCUT2D eigenvalue weighted by Gasteiger charge is -2.34. The van der Waals surface area contributed by atoms with E-state index >= 15 is 0 Å². The highest BCUT2D eigenvalue weighted by atomic mass is 14.7. The molecule has 0 aliphatic carbocycles. The van der Waals surface area contributed by atoms with E-state index in [2.05, 4.69) is 140 Å². The molecule has 0 aliphatic rings. The lowest BCUT2D eigenvalue weighted by atomic mass is 9.68.